The number of methoxy groups -OCH3 is 1. The van der Waals surface area contributed by atoms with Gasteiger partial charge in [0.05, 0.1) is 12.6 Å². The van der Waals surface area contributed by atoms with Crippen molar-refractivity contribution in [2.24, 2.45) is 0 Å². The third-order valence-electron chi connectivity index (χ3n) is 1.73. The summed E-state index contributed by atoms with van der Waals surface area (Å²) in [6, 6.07) is 0. The zero-order chi connectivity index (χ0) is 8.48. The van der Waals surface area contributed by atoms with E-state index in [0.717, 1.165) is 0 Å². The average molecular weight is 167 g/mol. The predicted octanol–water partition coefficient (Wildman–Crippen LogP) is -0.399. The number of rotatable bonds is 1. The van der Waals surface area contributed by atoms with Gasteiger partial charge in [0.2, 0.25) is 0 Å². The second kappa shape index (κ2) is 3.00. The third-order valence-corrected chi connectivity index (χ3v) is 1.73. The zero-order valence-corrected chi connectivity index (χ0v) is 6.18. The molecule has 66 valence electrons. The van der Waals surface area contributed by atoms with Crippen molar-refractivity contribution >= 4 is 0 Å². The summed E-state index contributed by atoms with van der Waals surface area (Å²) in [5, 5.41) is 11.4. The Balaban J connectivity index is 2.64. The number of aliphatic hydroxyl groups is 1. The molecule has 0 saturated carbocycles. The Morgan fingerprint density at radius 1 is 1.64 bits per heavy atom. The Hall–Kier alpha value is -0.260. The quantitative estimate of drug-likeness (QED) is 0.558. The van der Waals surface area contributed by atoms with Crippen LogP contribution in [0.1, 0.15) is 0 Å². The van der Waals surface area contributed by atoms with E-state index in [-0.39, 0.29) is 6.54 Å². The molecule has 2 atom stereocenters. The predicted molar refractivity (Wildman–Crippen MR) is 34.6 cm³/mol. The number of halogens is 2. The van der Waals surface area contributed by atoms with Crippen LogP contribution < -0.4 is 5.32 Å². The van der Waals surface area contributed by atoms with Crippen molar-refractivity contribution in [1.82, 2.24) is 5.32 Å². The maximum absolute atomic E-state index is 12.8. The van der Waals surface area contributed by atoms with Gasteiger partial charge in [0, 0.05) is 13.7 Å². The summed E-state index contributed by atoms with van der Waals surface area (Å²) in [5.74, 6) is -2.97. The molecule has 1 aliphatic rings. The number of piperidine rings is 1. The van der Waals surface area contributed by atoms with Crippen LogP contribution in [-0.2, 0) is 4.74 Å². The Bertz CT molecular complexity index is 143. The van der Waals surface area contributed by atoms with Gasteiger partial charge in [-0.25, -0.2) is 8.78 Å². The molecule has 0 aromatic carbocycles. The van der Waals surface area contributed by atoms with Gasteiger partial charge in [-0.3, -0.25) is 0 Å². The van der Waals surface area contributed by atoms with E-state index in [2.05, 4.69) is 10.1 Å². The molecule has 1 aliphatic heterocycles. The first-order valence-electron chi connectivity index (χ1n) is 3.37. The monoisotopic (exact) mass is 167 g/mol. The lowest BCUT2D eigenvalue weighted by Gasteiger charge is -2.34. The van der Waals surface area contributed by atoms with E-state index < -0.39 is 24.7 Å². The molecule has 3 nitrogen and oxygen atoms in total. The highest BCUT2D eigenvalue weighted by Gasteiger charge is 2.46. The van der Waals surface area contributed by atoms with Crippen LogP contribution in [0.15, 0.2) is 0 Å². The van der Waals surface area contributed by atoms with Gasteiger partial charge in [0.25, 0.3) is 5.92 Å². The molecule has 1 heterocycles. The molecule has 5 heteroatoms. The molecule has 1 rings (SSSR count). The molecule has 0 bridgehead atoms. The van der Waals surface area contributed by atoms with E-state index in [1.165, 1.54) is 7.11 Å². The van der Waals surface area contributed by atoms with Gasteiger partial charge in [0.1, 0.15) is 6.10 Å². The third kappa shape index (κ3) is 1.66. The lowest BCUT2D eigenvalue weighted by Crippen LogP contribution is -2.58. The van der Waals surface area contributed by atoms with Crippen LogP contribution in [0.4, 0.5) is 8.78 Å². The van der Waals surface area contributed by atoms with Crippen molar-refractivity contribution in [2.45, 2.75) is 18.1 Å². The second-order valence-electron chi connectivity index (χ2n) is 2.62. The summed E-state index contributed by atoms with van der Waals surface area (Å²) in [6.07, 6.45) is -2.49. The lowest BCUT2D eigenvalue weighted by molar-refractivity contribution is -0.178. The molecule has 0 radical (unpaired) electrons. The minimum absolute atomic E-state index is 0.161. The maximum Gasteiger partial charge on any atom is 0.288 e. The molecule has 2 N–H and O–H groups in total. The molecule has 1 fully saturated rings. The summed E-state index contributed by atoms with van der Waals surface area (Å²) in [6.45, 7) is -0.267. The highest BCUT2D eigenvalue weighted by atomic mass is 19.3. The van der Waals surface area contributed by atoms with Crippen LogP contribution in [0.25, 0.3) is 0 Å². The van der Waals surface area contributed by atoms with E-state index in [0.29, 0.717) is 0 Å². The molecule has 0 aliphatic carbocycles. The first-order chi connectivity index (χ1) is 5.08. The molecular weight excluding hydrogens is 156 g/mol. The van der Waals surface area contributed by atoms with Gasteiger partial charge in [-0.15, -0.1) is 0 Å². The highest BCUT2D eigenvalue weighted by molar-refractivity contribution is 4.91. The van der Waals surface area contributed by atoms with Gasteiger partial charge in [-0.05, 0) is 0 Å². The van der Waals surface area contributed by atoms with E-state index in [4.69, 9.17) is 5.11 Å². The Labute approximate surface area is 63.3 Å². The Morgan fingerprint density at radius 2 is 2.27 bits per heavy atom. The van der Waals surface area contributed by atoms with Crippen LogP contribution in [0.3, 0.4) is 0 Å². The first kappa shape index (κ1) is 8.83. The summed E-state index contributed by atoms with van der Waals surface area (Å²) in [7, 11) is 1.17. The fourth-order valence-corrected chi connectivity index (χ4v) is 1.21. The van der Waals surface area contributed by atoms with Crippen LogP contribution in [0.5, 0.6) is 0 Å². The summed E-state index contributed by atoms with van der Waals surface area (Å²) in [4.78, 5) is 0. The molecule has 0 spiro atoms. The average Bonchev–Trinajstić information content (AvgIpc) is 1.86. The summed E-state index contributed by atoms with van der Waals surface area (Å²) < 4.78 is 30.0. The van der Waals surface area contributed by atoms with Crippen molar-refractivity contribution in [2.75, 3.05) is 20.2 Å². The van der Waals surface area contributed by atoms with Crippen molar-refractivity contribution in [3.63, 3.8) is 0 Å². The minimum atomic E-state index is -2.97. The number of nitrogens with one attached hydrogen (secondary N) is 1. The van der Waals surface area contributed by atoms with E-state index >= 15 is 0 Å². The molecule has 1 saturated heterocycles. The van der Waals surface area contributed by atoms with E-state index in [1.54, 1.807) is 0 Å². The van der Waals surface area contributed by atoms with Crippen LogP contribution >= 0.6 is 0 Å². The smallest absolute Gasteiger partial charge is 0.288 e. The summed E-state index contributed by atoms with van der Waals surface area (Å²) >= 11 is 0. The number of ether oxygens (including phenoxy) is 1. The second-order valence-corrected chi connectivity index (χ2v) is 2.62. The van der Waals surface area contributed by atoms with E-state index in [9.17, 15) is 8.78 Å². The number of hydrogen-bond donors (Lipinski definition) is 2. The SMILES string of the molecule is CO[C@@H]1[C@H](O)CNCC1(F)F. The Morgan fingerprint density at radius 3 is 2.64 bits per heavy atom. The molecular formula is C6H11F2NO2. The van der Waals surface area contributed by atoms with Crippen molar-refractivity contribution < 1.29 is 18.6 Å². The van der Waals surface area contributed by atoms with Gasteiger partial charge >= 0.3 is 0 Å². The fourth-order valence-electron chi connectivity index (χ4n) is 1.21. The molecule has 0 unspecified atom stereocenters. The number of aliphatic hydroxyl groups excluding tert-OH is 1. The standard InChI is InChI=1S/C6H11F2NO2/c1-11-5-4(10)2-9-3-6(5,7)8/h4-5,9-10H,2-3H2,1H3/t4-,5-/m1/s1. The van der Waals surface area contributed by atoms with Crippen molar-refractivity contribution in [3.05, 3.63) is 0 Å². The number of alkyl halides is 2. The normalized spacial score (nSPS) is 37.1. The molecule has 0 aromatic heterocycles. The van der Waals surface area contributed by atoms with Crippen LogP contribution in [0, 0.1) is 0 Å². The van der Waals surface area contributed by atoms with Crippen LogP contribution in [-0.4, -0.2) is 43.4 Å². The highest BCUT2D eigenvalue weighted by Crippen LogP contribution is 2.25. The minimum Gasteiger partial charge on any atom is -0.389 e. The fraction of sp³-hybridized carbons (Fsp3) is 1.00. The van der Waals surface area contributed by atoms with Crippen molar-refractivity contribution in [1.29, 1.82) is 0 Å². The van der Waals surface area contributed by atoms with Gasteiger partial charge in [0.15, 0.2) is 0 Å². The first-order valence-corrected chi connectivity index (χ1v) is 3.37. The lowest BCUT2D eigenvalue weighted by atomic mass is 10.0. The van der Waals surface area contributed by atoms with Crippen molar-refractivity contribution in [3.8, 4) is 0 Å². The van der Waals surface area contributed by atoms with Gasteiger partial charge in [-0.1, -0.05) is 0 Å². The largest absolute Gasteiger partial charge is 0.389 e. The maximum atomic E-state index is 12.8. The number of β-amino-alcohol motifs (C(OH)–C–C–N with tert-alkyl or cyclic N) is 1. The number of hydrogen-bond acceptors (Lipinski definition) is 3. The van der Waals surface area contributed by atoms with Gasteiger partial charge in [-0.2, -0.15) is 0 Å². The van der Waals surface area contributed by atoms with E-state index in [1.807, 2.05) is 0 Å². The molecule has 11 heavy (non-hydrogen) atoms. The molecule has 0 amide bonds. The Kier molecular flexibility index (Phi) is 2.41. The van der Waals surface area contributed by atoms with Gasteiger partial charge < -0.3 is 15.2 Å². The topological polar surface area (TPSA) is 41.5 Å². The summed E-state index contributed by atoms with van der Waals surface area (Å²) in [5.41, 5.74) is 0. The van der Waals surface area contributed by atoms with Crippen LogP contribution in [0.2, 0.25) is 0 Å². The molecule has 0 aromatic rings. The zero-order valence-electron chi connectivity index (χ0n) is 6.18.